The van der Waals surface area contributed by atoms with Gasteiger partial charge in [-0.25, -0.2) is 0 Å². The Hall–Kier alpha value is -1.34. The summed E-state index contributed by atoms with van der Waals surface area (Å²) in [6.07, 6.45) is 2.31. The van der Waals surface area contributed by atoms with Crippen molar-refractivity contribution in [2.75, 3.05) is 38.5 Å². The minimum absolute atomic E-state index is 0. The number of carbonyl (C=O) groups is 2. The number of benzene rings is 1. The lowest BCUT2D eigenvalue weighted by molar-refractivity contribution is -0.138. The number of hydrogen-bond donors (Lipinski definition) is 2. The summed E-state index contributed by atoms with van der Waals surface area (Å²) >= 11 is 5.82. The van der Waals surface area contributed by atoms with Crippen molar-refractivity contribution < 1.29 is 14.7 Å². The van der Waals surface area contributed by atoms with Gasteiger partial charge in [0.2, 0.25) is 5.91 Å². The second-order valence-corrected chi connectivity index (χ2v) is 6.62. The van der Waals surface area contributed by atoms with Gasteiger partial charge in [-0.05, 0) is 57.2 Å². The molecule has 0 aromatic heterocycles. The lowest BCUT2D eigenvalue weighted by Gasteiger charge is -2.36. The minimum atomic E-state index is -0.793. The third-order valence-corrected chi connectivity index (χ3v) is 4.60. The maximum absolute atomic E-state index is 12.0. The van der Waals surface area contributed by atoms with Crippen LogP contribution in [0.5, 0.6) is 0 Å². The molecule has 1 aliphatic heterocycles. The summed E-state index contributed by atoms with van der Waals surface area (Å²) in [7, 11) is 1.86. The van der Waals surface area contributed by atoms with Crippen LogP contribution in [-0.4, -0.2) is 66.1 Å². The highest BCUT2D eigenvalue weighted by Crippen LogP contribution is 2.16. The van der Waals surface area contributed by atoms with Crippen LogP contribution < -0.4 is 5.32 Å². The number of aliphatic carboxylic acids is 1. The fourth-order valence-corrected chi connectivity index (χ4v) is 3.07. The molecule has 1 fully saturated rings. The maximum Gasteiger partial charge on any atom is 0.317 e. The number of carbonyl (C=O) groups excluding carboxylic acids is 1. The monoisotopic (exact) mass is 389 g/mol. The highest BCUT2D eigenvalue weighted by atomic mass is 35.5. The Bertz CT molecular complexity index is 561. The summed E-state index contributed by atoms with van der Waals surface area (Å²) in [6, 6.07) is 7.36. The van der Waals surface area contributed by atoms with Gasteiger partial charge >= 0.3 is 5.97 Å². The van der Waals surface area contributed by atoms with Gasteiger partial charge in [0.15, 0.2) is 0 Å². The molecular formula is C17H25Cl2N3O3. The van der Waals surface area contributed by atoms with Crippen molar-refractivity contribution in [1.82, 2.24) is 9.80 Å². The molecule has 1 saturated heterocycles. The average Bonchev–Trinajstić information content (AvgIpc) is 2.55. The molecule has 1 aromatic rings. The van der Waals surface area contributed by atoms with E-state index in [9.17, 15) is 9.59 Å². The Morgan fingerprint density at radius 3 is 2.44 bits per heavy atom. The molecule has 0 radical (unpaired) electrons. The average molecular weight is 390 g/mol. The van der Waals surface area contributed by atoms with Gasteiger partial charge in [-0.15, -0.1) is 12.4 Å². The van der Waals surface area contributed by atoms with E-state index in [1.165, 1.54) is 0 Å². The summed E-state index contributed by atoms with van der Waals surface area (Å²) in [4.78, 5) is 26.9. The number of piperidine rings is 1. The normalized spacial score (nSPS) is 15.6. The van der Waals surface area contributed by atoms with Crippen molar-refractivity contribution in [3.63, 3.8) is 0 Å². The highest BCUT2D eigenvalue weighted by Gasteiger charge is 2.23. The Labute approximate surface area is 159 Å². The van der Waals surface area contributed by atoms with Gasteiger partial charge in [-0.3, -0.25) is 14.5 Å². The van der Waals surface area contributed by atoms with Gasteiger partial charge in [0.05, 0.1) is 6.54 Å². The van der Waals surface area contributed by atoms with Gasteiger partial charge < -0.3 is 15.3 Å². The summed E-state index contributed by atoms with van der Waals surface area (Å²) < 4.78 is 0. The molecule has 1 aliphatic rings. The van der Waals surface area contributed by atoms with Crippen molar-refractivity contribution in [2.45, 2.75) is 25.3 Å². The lowest BCUT2D eigenvalue weighted by Crippen LogP contribution is -2.45. The van der Waals surface area contributed by atoms with Crippen LogP contribution in [0, 0.1) is 0 Å². The van der Waals surface area contributed by atoms with E-state index in [2.05, 4.69) is 10.2 Å². The van der Waals surface area contributed by atoms with Crippen LogP contribution in [0.1, 0.15) is 19.3 Å². The largest absolute Gasteiger partial charge is 0.480 e. The molecule has 2 rings (SSSR count). The molecular weight excluding hydrogens is 365 g/mol. The third kappa shape index (κ3) is 7.61. The molecule has 140 valence electrons. The summed E-state index contributed by atoms with van der Waals surface area (Å²) in [6.45, 7) is 2.58. The van der Waals surface area contributed by atoms with E-state index in [0.717, 1.165) is 38.2 Å². The number of hydrogen-bond acceptors (Lipinski definition) is 4. The van der Waals surface area contributed by atoms with Crippen LogP contribution in [0.25, 0.3) is 0 Å². The van der Waals surface area contributed by atoms with E-state index in [1.807, 2.05) is 11.9 Å². The number of rotatable bonds is 7. The quantitative estimate of drug-likeness (QED) is 0.749. The van der Waals surface area contributed by atoms with Crippen LogP contribution in [-0.2, 0) is 9.59 Å². The first-order chi connectivity index (χ1) is 11.4. The molecule has 2 N–H and O–H groups in total. The predicted molar refractivity (Wildman–Crippen MR) is 102 cm³/mol. The van der Waals surface area contributed by atoms with E-state index in [-0.39, 0.29) is 24.9 Å². The number of carboxylic acid groups (broad SMARTS) is 1. The Morgan fingerprint density at radius 1 is 1.28 bits per heavy atom. The van der Waals surface area contributed by atoms with Crippen LogP contribution in [0.2, 0.25) is 5.02 Å². The first-order valence-corrected chi connectivity index (χ1v) is 8.51. The number of likely N-dealkylation sites (tertiary alicyclic amines) is 1. The molecule has 1 aromatic carbocycles. The van der Waals surface area contributed by atoms with Crippen molar-refractivity contribution >= 4 is 41.6 Å². The summed E-state index contributed by atoms with van der Waals surface area (Å²) in [5, 5.41) is 12.3. The number of anilines is 1. The second-order valence-electron chi connectivity index (χ2n) is 6.19. The molecule has 6 nitrogen and oxygen atoms in total. The molecule has 0 bridgehead atoms. The zero-order valence-corrected chi connectivity index (χ0v) is 15.9. The van der Waals surface area contributed by atoms with E-state index >= 15 is 0 Å². The predicted octanol–water partition coefficient (Wildman–Crippen LogP) is 2.57. The Kier molecular flexibility index (Phi) is 9.21. The number of halogens is 2. The standard InChI is InChI=1S/C17H24ClN3O3.ClH/c1-20(12-17(23)24)15-6-9-21(10-7-15)11-8-16(22)19-14-4-2-13(18)3-5-14;/h2-5,15H,6-12H2,1H3,(H,19,22)(H,23,24);1H. The topological polar surface area (TPSA) is 72.9 Å². The van der Waals surface area contributed by atoms with E-state index < -0.39 is 5.97 Å². The zero-order chi connectivity index (χ0) is 17.5. The highest BCUT2D eigenvalue weighted by molar-refractivity contribution is 6.30. The number of nitrogens with zero attached hydrogens (tertiary/aromatic N) is 2. The summed E-state index contributed by atoms with van der Waals surface area (Å²) in [5.41, 5.74) is 0.749. The van der Waals surface area contributed by atoms with Crippen molar-refractivity contribution in [3.8, 4) is 0 Å². The van der Waals surface area contributed by atoms with Gasteiger partial charge in [0.1, 0.15) is 0 Å². The van der Waals surface area contributed by atoms with Gasteiger partial charge in [-0.1, -0.05) is 11.6 Å². The van der Waals surface area contributed by atoms with Crippen molar-refractivity contribution in [2.24, 2.45) is 0 Å². The minimum Gasteiger partial charge on any atom is -0.480 e. The molecule has 25 heavy (non-hydrogen) atoms. The van der Waals surface area contributed by atoms with Crippen LogP contribution in [0.4, 0.5) is 5.69 Å². The fourth-order valence-electron chi connectivity index (χ4n) is 2.94. The SMILES string of the molecule is CN(CC(=O)O)C1CCN(CCC(=O)Nc2ccc(Cl)cc2)CC1.Cl. The molecule has 0 spiro atoms. The number of nitrogens with one attached hydrogen (secondary N) is 1. The number of amides is 1. The molecule has 0 saturated carbocycles. The maximum atomic E-state index is 12.0. The molecule has 0 atom stereocenters. The van der Waals surface area contributed by atoms with Gasteiger partial charge in [0, 0.05) is 29.7 Å². The van der Waals surface area contributed by atoms with Crippen molar-refractivity contribution in [1.29, 1.82) is 0 Å². The van der Waals surface area contributed by atoms with E-state index in [4.69, 9.17) is 16.7 Å². The lowest BCUT2D eigenvalue weighted by atomic mass is 10.0. The van der Waals surface area contributed by atoms with Crippen molar-refractivity contribution in [3.05, 3.63) is 29.3 Å². The van der Waals surface area contributed by atoms with Gasteiger partial charge in [0.25, 0.3) is 0 Å². The zero-order valence-electron chi connectivity index (χ0n) is 14.3. The van der Waals surface area contributed by atoms with E-state index in [0.29, 0.717) is 17.5 Å². The second kappa shape index (κ2) is 10.6. The van der Waals surface area contributed by atoms with Crippen LogP contribution in [0.15, 0.2) is 24.3 Å². The number of likely N-dealkylation sites (N-methyl/N-ethyl adjacent to an activating group) is 1. The Morgan fingerprint density at radius 2 is 1.88 bits per heavy atom. The first kappa shape index (κ1) is 21.7. The first-order valence-electron chi connectivity index (χ1n) is 8.14. The molecule has 0 aliphatic carbocycles. The van der Waals surface area contributed by atoms with Gasteiger partial charge in [-0.2, -0.15) is 0 Å². The number of carboxylic acids is 1. The molecule has 1 heterocycles. The summed E-state index contributed by atoms with van der Waals surface area (Å²) in [5.74, 6) is -0.804. The van der Waals surface area contributed by atoms with Crippen LogP contribution in [0.3, 0.4) is 0 Å². The Balaban J connectivity index is 0.00000312. The molecule has 0 unspecified atom stereocenters. The van der Waals surface area contributed by atoms with E-state index in [1.54, 1.807) is 24.3 Å². The molecule has 8 heteroatoms. The fraction of sp³-hybridized carbons (Fsp3) is 0.529. The van der Waals surface area contributed by atoms with Crippen LogP contribution >= 0.6 is 24.0 Å². The smallest absolute Gasteiger partial charge is 0.317 e. The molecule has 1 amide bonds. The third-order valence-electron chi connectivity index (χ3n) is 4.35.